The van der Waals surface area contributed by atoms with Crippen LogP contribution in [0.1, 0.15) is 15.9 Å². The summed E-state index contributed by atoms with van der Waals surface area (Å²) < 4.78 is 32.2. The van der Waals surface area contributed by atoms with Gasteiger partial charge < -0.3 is 4.74 Å². The summed E-state index contributed by atoms with van der Waals surface area (Å²) >= 11 is 7.29. The topological polar surface area (TPSA) is 117 Å². The number of hydrogen-bond acceptors (Lipinski definition) is 7. The van der Waals surface area contributed by atoms with Gasteiger partial charge in [0.2, 0.25) is 21.1 Å². The Labute approximate surface area is 194 Å². The third kappa shape index (κ3) is 5.48. The van der Waals surface area contributed by atoms with E-state index in [4.69, 9.17) is 16.3 Å². The number of hydrogen-bond donors (Lipinski definition) is 2. The summed E-state index contributed by atoms with van der Waals surface area (Å²) in [6.07, 6.45) is 0. The Morgan fingerprint density at radius 1 is 1.19 bits per heavy atom. The first-order valence-corrected chi connectivity index (χ1v) is 12.5. The number of aromatic amines is 1. The Hall–Kier alpha value is -2.44. The van der Waals surface area contributed by atoms with Crippen molar-refractivity contribution in [1.82, 2.24) is 19.5 Å². The van der Waals surface area contributed by atoms with E-state index in [1.54, 1.807) is 6.07 Å². The van der Waals surface area contributed by atoms with E-state index in [-0.39, 0.29) is 29.5 Å². The van der Waals surface area contributed by atoms with Crippen LogP contribution < -0.4 is 5.32 Å². The van der Waals surface area contributed by atoms with E-state index in [2.05, 4.69) is 20.5 Å². The summed E-state index contributed by atoms with van der Waals surface area (Å²) in [5, 5.41) is 10.5. The second-order valence-corrected chi connectivity index (χ2v) is 10.2. The van der Waals surface area contributed by atoms with Gasteiger partial charge in [0.1, 0.15) is 0 Å². The normalized spacial score (nSPS) is 14.9. The quantitative estimate of drug-likeness (QED) is 0.486. The Bertz CT molecular complexity index is 1190. The molecular weight excluding hydrogens is 474 g/mol. The predicted octanol–water partition coefficient (Wildman–Crippen LogP) is 3.02. The maximum atomic E-state index is 12.8. The lowest BCUT2D eigenvalue weighted by molar-refractivity contribution is 0.0730. The van der Waals surface area contributed by atoms with Crippen molar-refractivity contribution in [3.8, 4) is 0 Å². The zero-order chi connectivity index (χ0) is 22.6. The van der Waals surface area contributed by atoms with Crippen LogP contribution in [0, 0.1) is 0 Å². The largest absolute Gasteiger partial charge is 0.379 e. The van der Waals surface area contributed by atoms with Gasteiger partial charge in [0.05, 0.1) is 18.1 Å². The van der Waals surface area contributed by atoms with Gasteiger partial charge in [-0.05, 0) is 35.9 Å². The standard InChI is InChI=1S/C20H20ClN5O4S2/c21-16-6-4-14(5-7-16)13-31-20-23-19(24-25-20)22-18(27)15-2-1-3-17(12-15)32(28,29)26-8-10-30-11-9-26/h1-7,12H,8-11,13H2,(H2,22,23,24,25,27). The number of nitrogens with zero attached hydrogens (tertiary/aromatic N) is 3. The second-order valence-electron chi connectivity index (χ2n) is 6.88. The molecule has 12 heteroatoms. The maximum absolute atomic E-state index is 12.8. The van der Waals surface area contributed by atoms with Crippen LogP contribution in [0.5, 0.6) is 0 Å². The SMILES string of the molecule is O=C(Nc1nc(SCc2ccc(Cl)cc2)n[nH]1)c1cccc(S(=O)(=O)N2CCOCC2)c1. The molecule has 0 radical (unpaired) electrons. The second kappa shape index (κ2) is 10.0. The number of thioether (sulfide) groups is 1. The van der Waals surface area contributed by atoms with Gasteiger partial charge in [0, 0.05) is 29.4 Å². The van der Waals surface area contributed by atoms with Crippen molar-refractivity contribution >= 4 is 45.2 Å². The third-order valence-corrected chi connectivity index (χ3v) is 7.75. The molecule has 0 saturated carbocycles. The van der Waals surface area contributed by atoms with Gasteiger partial charge >= 0.3 is 0 Å². The molecule has 1 aliphatic heterocycles. The number of H-pyrrole nitrogens is 1. The number of nitrogens with one attached hydrogen (secondary N) is 2. The molecule has 1 aromatic heterocycles. The van der Waals surface area contributed by atoms with Crippen LogP contribution in [0.4, 0.5) is 5.95 Å². The van der Waals surface area contributed by atoms with Crippen molar-refractivity contribution in [3.63, 3.8) is 0 Å². The van der Waals surface area contributed by atoms with Gasteiger partial charge in [-0.2, -0.15) is 9.29 Å². The van der Waals surface area contributed by atoms with Gasteiger partial charge in [0.25, 0.3) is 5.91 Å². The lowest BCUT2D eigenvalue weighted by Gasteiger charge is -2.26. The maximum Gasteiger partial charge on any atom is 0.258 e. The molecule has 3 aromatic rings. The van der Waals surface area contributed by atoms with Crippen molar-refractivity contribution in [2.24, 2.45) is 0 Å². The van der Waals surface area contributed by atoms with E-state index in [1.165, 1.54) is 34.3 Å². The zero-order valence-corrected chi connectivity index (χ0v) is 19.2. The number of anilines is 1. The number of benzene rings is 2. The van der Waals surface area contributed by atoms with Crippen molar-refractivity contribution in [2.45, 2.75) is 15.8 Å². The van der Waals surface area contributed by atoms with Crippen LogP contribution in [0.15, 0.2) is 58.6 Å². The van der Waals surface area contributed by atoms with E-state index in [9.17, 15) is 13.2 Å². The number of halogens is 1. The van der Waals surface area contributed by atoms with Crippen LogP contribution in [-0.4, -0.2) is 60.1 Å². The first-order valence-electron chi connectivity index (χ1n) is 9.71. The molecule has 1 saturated heterocycles. The molecule has 0 spiro atoms. The number of sulfonamides is 1. The number of carbonyl (C=O) groups excluding carboxylic acids is 1. The molecule has 2 aromatic carbocycles. The molecule has 0 atom stereocenters. The third-order valence-electron chi connectivity index (χ3n) is 4.68. The number of ether oxygens (including phenoxy) is 1. The lowest BCUT2D eigenvalue weighted by Crippen LogP contribution is -2.40. The van der Waals surface area contributed by atoms with Crippen LogP contribution >= 0.6 is 23.4 Å². The minimum atomic E-state index is -3.70. The van der Waals surface area contributed by atoms with Gasteiger partial charge in [0.15, 0.2) is 0 Å². The molecule has 0 bridgehead atoms. The van der Waals surface area contributed by atoms with E-state index in [0.29, 0.717) is 29.1 Å². The molecule has 1 fully saturated rings. The number of carbonyl (C=O) groups is 1. The highest BCUT2D eigenvalue weighted by molar-refractivity contribution is 7.98. The number of rotatable bonds is 7. The highest BCUT2D eigenvalue weighted by Gasteiger charge is 2.27. The average Bonchev–Trinajstić information content (AvgIpc) is 3.26. The van der Waals surface area contributed by atoms with Gasteiger partial charge in [-0.15, -0.1) is 5.10 Å². The van der Waals surface area contributed by atoms with Crippen molar-refractivity contribution in [3.05, 3.63) is 64.7 Å². The summed E-state index contributed by atoms with van der Waals surface area (Å²) in [5.41, 5.74) is 1.26. The molecule has 0 unspecified atom stereocenters. The summed E-state index contributed by atoms with van der Waals surface area (Å²) in [5.74, 6) is 0.327. The Balaban J connectivity index is 1.40. The molecule has 1 aliphatic rings. The Morgan fingerprint density at radius 2 is 1.94 bits per heavy atom. The molecule has 4 rings (SSSR count). The fraction of sp³-hybridized carbons (Fsp3) is 0.250. The van der Waals surface area contributed by atoms with Gasteiger partial charge in [-0.3, -0.25) is 10.1 Å². The fourth-order valence-electron chi connectivity index (χ4n) is 3.01. The minimum Gasteiger partial charge on any atom is -0.379 e. The van der Waals surface area contributed by atoms with E-state index >= 15 is 0 Å². The first kappa shape index (κ1) is 22.7. The van der Waals surface area contributed by atoms with Crippen LogP contribution in [0.2, 0.25) is 5.02 Å². The van der Waals surface area contributed by atoms with Crippen LogP contribution in [0.25, 0.3) is 0 Å². The number of aromatic nitrogens is 3. The van der Waals surface area contributed by atoms with Gasteiger partial charge in [-0.1, -0.05) is 41.6 Å². The first-order chi connectivity index (χ1) is 15.4. The number of amides is 1. The summed E-state index contributed by atoms with van der Waals surface area (Å²) in [7, 11) is -3.70. The van der Waals surface area contributed by atoms with E-state index < -0.39 is 15.9 Å². The Morgan fingerprint density at radius 3 is 2.69 bits per heavy atom. The molecule has 168 valence electrons. The average molecular weight is 494 g/mol. The fourth-order valence-corrected chi connectivity index (χ4v) is 5.34. The van der Waals surface area contributed by atoms with Crippen molar-refractivity contribution in [1.29, 1.82) is 0 Å². The highest BCUT2D eigenvalue weighted by Crippen LogP contribution is 2.22. The van der Waals surface area contributed by atoms with Gasteiger partial charge in [-0.25, -0.2) is 13.5 Å². The van der Waals surface area contributed by atoms with E-state index in [1.807, 2.05) is 24.3 Å². The van der Waals surface area contributed by atoms with Crippen LogP contribution in [-0.2, 0) is 20.5 Å². The minimum absolute atomic E-state index is 0.0591. The predicted molar refractivity (Wildman–Crippen MR) is 121 cm³/mol. The monoisotopic (exact) mass is 493 g/mol. The van der Waals surface area contributed by atoms with Crippen LogP contribution in [0.3, 0.4) is 0 Å². The summed E-state index contributed by atoms with van der Waals surface area (Å²) in [6, 6.07) is 13.4. The molecule has 0 aliphatic carbocycles. The van der Waals surface area contributed by atoms with E-state index in [0.717, 1.165) is 5.56 Å². The summed E-state index contributed by atoms with van der Waals surface area (Å²) in [6.45, 7) is 1.27. The smallest absolute Gasteiger partial charge is 0.258 e. The molecule has 2 N–H and O–H groups in total. The molecule has 9 nitrogen and oxygen atoms in total. The zero-order valence-electron chi connectivity index (χ0n) is 16.8. The molecule has 32 heavy (non-hydrogen) atoms. The molecule has 1 amide bonds. The molecular formula is C20H20ClN5O4S2. The summed E-state index contributed by atoms with van der Waals surface area (Å²) in [4.78, 5) is 17.0. The van der Waals surface area contributed by atoms with Crippen molar-refractivity contribution in [2.75, 3.05) is 31.6 Å². The van der Waals surface area contributed by atoms with Crippen molar-refractivity contribution < 1.29 is 17.9 Å². The number of morpholine rings is 1. The Kier molecular flexibility index (Phi) is 7.11. The highest BCUT2D eigenvalue weighted by atomic mass is 35.5. The molecule has 2 heterocycles. The lowest BCUT2D eigenvalue weighted by atomic mass is 10.2.